The van der Waals surface area contributed by atoms with Gasteiger partial charge in [-0.25, -0.2) is 9.18 Å². The predicted octanol–water partition coefficient (Wildman–Crippen LogP) is 3.60. The largest absolute Gasteiger partial charge is 0.469 e. The summed E-state index contributed by atoms with van der Waals surface area (Å²) in [4.78, 5) is 27.1. The number of ether oxygens (including phenoxy) is 1. The second-order valence-corrected chi connectivity index (χ2v) is 7.80. The molecule has 1 aromatic heterocycles. The van der Waals surface area contributed by atoms with Crippen LogP contribution in [0, 0.1) is 12.7 Å². The minimum absolute atomic E-state index is 0.0323. The molecule has 3 amide bonds. The molecule has 8 nitrogen and oxygen atoms in total. The molecule has 0 saturated carbocycles. The van der Waals surface area contributed by atoms with Gasteiger partial charge in [-0.1, -0.05) is 6.92 Å². The van der Waals surface area contributed by atoms with Gasteiger partial charge in [0, 0.05) is 30.9 Å². The number of aryl methyl sites for hydroxylation is 1. The van der Waals surface area contributed by atoms with Crippen LogP contribution in [0.5, 0.6) is 0 Å². The number of nitrogens with one attached hydrogen (secondary N) is 3. The molecule has 1 aromatic carbocycles. The van der Waals surface area contributed by atoms with Crippen LogP contribution in [0.25, 0.3) is 0 Å². The summed E-state index contributed by atoms with van der Waals surface area (Å²) in [7, 11) is 0. The van der Waals surface area contributed by atoms with Gasteiger partial charge < -0.3 is 25.1 Å². The zero-order valence-electron chi connectivity index (χ0n) is 18.1. The summed E-state index contributed by atoms with van der Waals surface area (Å²) in [5, 5.41) is 8.11. The molecule has 1 saturated heterocycles. The van der Waals surface area contributed by atoms with Gasteiger partial charge in [-0.2, -0.15) is 0 Å². The van der Waals surface area contributed by atoms with Crippen molar-refractivity contribution in [2.45, 2.75) is 32.7 Å². The number of urea groups is 1. The summed E-state index contributed by atoms with van der Waals surface area (Å²) in [5.74, 6) is -0.659. The van der Waals surface area contributed by atoms with Crippen LogP contribution in [0.3, 0.4) is 0 Å². The van der Waals surface area contributed by atoms with Gasteiger partial charge in [-0.05, 0) is 44.5 Å². The Morgan fingerprint density at radius 1 is 1.19 bits per heavy atom. The molecular formula is C22H29FN4O4. The smallest absolute Gasteiger partial charge is 0.319 e. The maximum absolute atomic E-state index is 14.2. The van der Waals surface area contributed by atoms with Crippen LogP contribution < -0.4 is 16.0 Å². The fraction of sp³-hybridized carbons (Fsp3) is 0.455. The second kappa shape index (κ2) is 9.93. The lowest BCUT2D eigenvalue weighted by molar-refractivity contribution is -0.0163. The first-order chi connectivity index (χ1) is 14.8. The molecule has 2 heterocycles. The number of benzene rings is 1. The molecule has 1 atom stereocenters. The first-order valence-corrected chi connectivity index (χ1v) is 10.3. The van der Waals surface area contributed by atoms with Crippen molar-refractivity contribution in [3.63, 3.8) is 0 Å². The van der Waals surface area contributed by atoms with Gasteiger partial charge in [-0.15, -0.1) is 0 Å². The Labute approximate surface area is 181 Å². The molecule has 3 rings (SSSR count). The third kappa shape index (κ3) is 5.62. The van der Waals surface area contributed by atoms with Crippen LogP contribution >= 0.6 is 0 Å². The predicted molar refractivity (Wildman–Crippen MR) is 116 cm³/mol. The van der Waals surface area contributed by atoms with E-state index in [1.807, 2.05) is 0 Å². The van der Waals surface area contributed by atoms with Gasteiger partial charge in [0.1, 0.15) is 11.6 Å². The zero-order valence-corrected chi connectivity index (χ0v) is 18.1. The summed E-state index contributed by atoms with van der Waals surface area (Å²) in [5.41, 5.74) is 0.459. The molecule has 0 spiro atoms. The number of hydrogen-bond acceptors (Lipinski definition) is 5. The number of anilines is 2. The maximum atomic E-state index is 14.2. The highest BCUT2D eigenvalue weighted by molar-refractivity contribution is 6.05. The van der Waals surface area contributed by atoms with Crippen molar-refractivity contribution in [2.24, 2.45) is 0 Å². The van der Waals surface area contributed by atoms with Crippen LogP contribution in [-0.4, -0.2) is 55.2 Å². The summed E-state index contributed by atoms with van der Waals surface area (Å²) < 4.78 is 24.7. The highest BCUT2D eigenvalue weighted by Gasteiger charge is 2.31. The van der Waals surface area contributed by atoms with Crippen LogP contribution in [0.4, 0.5) is 20.6 Å². The van der Waals surface area contributed by atoms with E-state index >= 15 is 0 Å². The lowest BCUT2D eigenvalue weighted by atomic mass is 9.95. The molecule has 168 valence electrons. The van der Waals surface area contributed by atoms with E-state index in [4.69, 9.17) is 9.15 Å². The third-order valence-electron chi connectivity index (χ3n) is 5.74. The molecule has 1 aliphatic heterocycles. The summed E-state index contributed by atoms with van der Waals surface area (Å²) >= 11 is 0. The van der Waals surface area contributed by atoms with Crippen molar-refractivity contribution in [1.29, 1.82) is 0 Å². The highest BCUT2D eigenvalue weighted by atomic mass is 19.1. The van der Waals surface area contributed by atoms with Crippen molar-refractivity contribution < 1.29 is 23.1 Å². The number of morpholine rings is 1. The van der Waals surface area contributed by atoms with E-state index in [1.165, 1.54) is 30.5 Å². The number of carbonyl (C=O) groups excluding carboxylic acids is 2. The molecule has 0 bridgehead atoms. The van der Waals surface area contributed by atoms with Gasteiger partial charge >= 0.3 is 6.03 Å². The lowest BCUT2D eigenvalue weighted by Gasteiger charge is -2.43. The monoisotopic (exact) mass is 432 g/mol. The molecule has 9 heteroatoms. The molecule has 0 aliphatic carbocycles. The van der Waals surface area contributed by atoms with Gasteiger partial charge in [-0.3, -0.25) is 9.69 Å². The van der Waals surface area contributed by atoms with Gasteiger partial charge in [0.05, 0.1) is 30.7 Å². The average Bonchev–Trinajstić information content (AvgIpc) is 3.21. The lowest BCUT2D eigenvalue weighted by Crippen LogP contribution is -2.57. The number of rotatable bonds is 7. The molecule has 2 aromatic rings. The quantitative estimate of drug-likeness (QED) is 0.621. The molecule has 3 N–H and O–H groups in total. The topological polar surface area (TPSA) is 95.8 Å². The number of nitrogens with zero attached hydrogens (tertiary/aromatic N) is 1. The molecule has 0 radical (unpaired) electrons. The maximum Gasteiger partial charge on any atom is 0.319 e. The Morgan fingerprint density at radius 2 is 1.94 bits per heavy atom. The van der Waals surface area contributed by atoms with Crippen molar-refractivity contribution in [2.75, 3.05) is 43.5 Å². The molecular weight excluding hydrogens is 403 g/mol. The van der Waals surface area contributed by atoms with E-state index in [-0.39, 0.29) is 11.2 Å². The van der Waals surface area contributed by atoms with Gasteiger partial charge in [0.2, 0.25) is 0 Å². The Kier molecular flexibility index (Phi) is 7.29. The Bertz CT molecular complexity index is 926. The number of hydrogen-bond donors (Lipinski definition) is 3. The average molecular weight is 432 g/mol. The number of furan rings is 1. The van der Waals surface area contributed by atoms with E-state index in [9.17, 15) is 14.0 Å². The summed E-state index contributed by atoms with van der Waals surface area (Å²) in [6, 6.07) is 5.12. The Hall–Kier alpha value is -2.91. The molecule has 1 fully saturated rings. The first-order valence-electron chi connectivity index (χ1n) is 10.3. The van der Waals surface area contributed by atoms with Crippen LogP contribution in [0.2, 0.25) is 0 Å². The van der Waals surface area contributed by atoms with Crippen molar-refractivity contribution in [1.82, 2.24) is 10.2 Å². The third-order valence-corrected chi connectivity index (χ3v) is 5.74. The minimum Gasteiger partial charge on any atom is -0.469 e. The fourth-order valence-electron chi connectivity index (χ4n) is 3.52. The zero-order chi connectivity index (χ0) is 22.4. The summed E-state index contributed by atoms with van der Waals surface area (Å²) in [6.07, 6.45) is 2.26. The number of carbonyl (C=O) groups is 2. The van der Waals surface area contributed by atoms with E-state index in [0.29, 0.717) is 36.8 Å². The number of amides is 3. The van der Waals surface area contributed by atoms with Crippen molar-refractivity contribution in [3.05, 3.63) is 47.7 Å². The van der Waals surface area contributed by atoms with E-state index in [0.717, 1.165) is 19.5 Å². The SMILES string of the molecule is CC[C@@](C)(CNC(=O)Nc1ccc(F)c(NC(=O)c2ccoc2C)c1)N1CCOCC1. The standard InChI is InChI=1S/C22H29FN4O4/c1-4-22(3,27-8-11-30-12-9-27)14-24-21(29)25-16-5-6-18(23)19(13-16)26-20(28)17-7-10-31-15(17)2/h5-7,10,13H,4,8-9,11-12,14H2,1-3H3,(H,26,28)(H2,24,25,29)/t22-/m0/s1. The van der Waals surface area contributed by atoms with Crippen LogP contribution in [0.15, 0.2) is 34.9 Å². The van der Waals surface area contributed by atoms with Crippen LogP contribution in [0.1, 0.15) is 36.4 Å². The number of halogens is 1. The highest BCUT2D eigenvalue weighted by Crippen LogP contribution is 2.22. The van der Waals surface area contributed by atoms with Crippen LogP contribution in [-0.2, 0) is 4.74 Å². The first kappa shape index (κ1) is 22.8. The molecule has 0 unspecified atom stereocenters. The Morgan fingerprint density at radius 3 is 2.58 bits per heavy atom. The van der Waals surface area contributed by atoms with Gasteiger partial charge in [0.15, 0.2) is 0 Å². The Balaban J connectivity index is 1.60. The van der Waals surface area contributed by atoms with E-state index < -0.39 is 17.8 Å². The van der Waals surface area contributed by atoms with Gasteiger partial charge in [0.25, 0.3) is 5.91 Å². The summed E-state index contributed by atoms with van der Waals surface area (Å²) in [6.45, 7) is 9.33. The second-order valence-electron chi connectivity index (χ2n) is 7.80. The van der Waals surface area contributed by atoms with E-state index in [1.54, 1.807) is 6.92 Å². The minimum atomic E-state index is -0.605. The normalized spacial score (nSPS) is 16.4. The van der Waals surface area contributed by atoms with E-state index in [2.05, 4.69) is 34.7 Å². The van der Waals surface area contributed by atoms with Crippen molar-refractivity contribution in [3.8, 4) is 0 Å². The van der Waals surface area contributed by atoms with Crippen molar-refractivity contribution >= 4 is 23.3 Å². The molecule has 1 aliphatic rings. The fourth-order valence-corrected chi connectivity index (χ4v) is 3.52. The molecule has 31 heavy (non-hydrogen) atoms.